The molecule has 10 nitrogen and oxygen atoms in total. The summed E-state index contributed by atoms with van der Waals surface area (Å²) in [7, 11) is 0. The van der Waals surface area contributed by atoms with E-state index in [2.05, 4.69) is 29.1 Å². The van der Waals surface area contributed by atoms with Crippen molar-refractivity contribution in [3.8, 4) is 0 Å². The fourth-order valence-electron chi connectivity index (χ4n) is 5.34. The molecule has 0 radical (unpaired) electrons. The molecule has 0 spiro atoms. The largest absolute Gasteiger partial charge is 0.462 e. The Morgan fingerprint density at radius 3 is 2.15 bits per heavy atom. The molecule has 1 fully saturated rings. The van der Waals surface area contributed by atoms with Crippen molar-refractivity contribution in [1.29, 1.82) is 0 Å². The van der Waals surface area contributed by atoms with E-state index in [1.807, 2.05) is 60.7 Å². The number of alkyl carbamates (subject to hydrolysis) is 1. The van der Waals surface area contributed by atoms with Crippen molar-refractivity contribution in [2.45, 2.75) is 74.9 Å². The maximum absolute atomic E-state index is 13.5. The van der Waals surface area contributed by atoms with Crippen molar-refractivity contribution in [3.05, 3.63) is 97.1 Å². The minimum absolute atomic E-state index is 0.0418. The van der Waals surface area contributed by atoms with Crippen LogP contribution in [0.5, 0.6) is 0 Å². The van der Waals surface area contributed by atoms with Gasteiger partial charge in [0.05, 0.1) is 24.1 Å². The van der Waals surface area contributed by atoms with Gasteiger partial charge in [-0.25, -0.2) is 9.59 Å². The number of hydrogen-bond donors (Lipinski definition) is 4. The lowest BCUT2D eigenvalue weighted by Gasteiger charge is -2.29. The van der Waals surface area contributed by atoms with Gasteiger partial charge in [-0.2, -0.15) is 11.8 Å². The number of carbonyl (C=O) groups is 4. The highest BCUT2D eigenvalue weighted by molar-refractivity contribution is 7.98. The normalized spacial score (nSPS) is 15.3. The molecule has 1 saturated carbocycles. The zero-order valence-corrected chi connectivity index (χ0v) is 27.7. The molecular formula is C36H47N3O7S. The summed E-state index contributed by atoms with van der Waals surface area (Å²) in [6, 6.07) is 17.4. The smallest absolute Gasteiger partial charge is 0.408 e. The van der Waals surface area contributed by atoms with Gasteiger partial charge in [-0.1, -0.05) is 85.7 Å². The second kappa shape index (κ2) is 20.2. The van der Waals surface area contributed by atoms with Crippen LogP contribution in [0.1, 0.15) is 56.1 Å². The topological polar surface area (TPSA) is 143 Å². The van der Waals surface area contributed by atoms with Gasteiger partial charge in [0.15, 0.2) is 0 Å². The van der Waals surface area contributed by atoms with Gasteiger partial charge in [0, 0.05) is 17.9 Å². The number of hydrogen-bond acceptors (Lipinski definition) is 8. The molecule has 0 bridgehead atoms. The second-order valence-electron chi connectivity index (χ2n) is 11.7. The molecule has 0 aromatic heterocycles. The molecule has 254 valence electrons. The molecule has 0 unspecified atom stereocenters. The molecule has 0 heterocycles. The SMILES string of the molecule is C=CC[C@H](CC(=O)NC1(CO)CCCC1)C(=O)N[C@H](COC(=O)[C@@H](CC=C)NC(=O)OCc1ccccc1)CSCc1ccccc1. The number of nitrogens with one attached hydrogen (secondary N) is 3. The fraction of sp³-hybridized carbons (Fsp3) is 0.444. The van der Waals surface area contributed by atoms with Crippen molar-refractivity contribution < 1.29 is 33.8 Å². The lowest BCUT2D eigenvalue weighted by Crippen LogP contribution is -2.50. The van der Waals surface area contributed by atoms with Crippen LogP contribution in [-0.4, -0.2) is 65.6 Å². The number of thioether (sulfide) groups is 1. The van der Waals surface area contributed by atoms with Crippen molar-refractivity contribution in [2.75, 3.05) is 19.0 Å². The lowest BCUT2D eigenvalue weighted by atomic mass is 9.95. The van der Waals surface area contributed by atoms with Gasteiger partial charge in [0.25, 0.3) is 0 Å². The summed E-state index contributed by atoms with van der Waals surface area (Å²) < 4.78 is 10.9. The Kier molecular flexibility index (Phi) is 16.1. The van der Waals surface area contributed by atoms with E-state index in [0.29, 0.717) is 24.3 Å². The van der Waals surface area contributed by atoms with Crippen molar-refractivity contribution in [1.82, 2.24) is 16.0 Å². The van der Waals surface area contributed by atoms with E-state index in [0.717, 1.165) is 24.0 Å². The Morgan fingerprint density at radius 2 is 1.53 bits per heavy atom. The number of carbonyl (C=O) groups excluding carboxylic acids is 4. The van der Waals surface area contributed by atoms with Crippen LogP contribution in [0.2, 0.25) is 0 Å². The highest BCUT2D eigenvalue weighted by Crippen LogP contribution is 2.29. The van der Waals surface area contributed by atoms with E-state index in [9.17, 15) is 24.3 Å². The molecule has 11 heteroatoms. The summed E-state index contributed by atoms with van der Waals surface area (Å²) in [5, 5.41) is 18.4. The van der Waals surface area contributed by atoms with E-state index in [1.54, 1.807) is 17.8 Å². The van der Waals surface area contributed by atoms with Crippen LogP contribution in [0.4, 0.5) is 4.79 Å². The third kappa shape index (κ3) is 13.3. The predicted octanol–water partition coefficient (Wildman–Crippen LogP) is 4.82. The van der Waals surface area contributed by atoms with Crippen LogP contribution in [0.3, 0.4) is 0 Å². The van der Waals surface area contributed by atoms with Gasteiger partial charge in [-0.05, 0) is 36.8 Å². The zero-order valence-electron chi connectivity index (χ0n) is 26.9. The summed E-state index contributed by atoms with van der Waals surface area (Å²) >= 11 is 1.57. The van der Waals surface area contributed by atoms with Crippen LogP contribution in [0, 0.1) is 5.92 Å². The fourth-order valence-corrected chi connectivity index (χ4v) is 6.35. The Balaban J connectivity index is 1.61. The average molecular weight is 666 g/mol. The first-order valence-corrected chi connectivity index (χ1v) is 17.1. The Labute approximate surface area is 281 Å². The number of ether oxygens (including phenoxy) is 2. The van der Waals surface area contributed by atoms with Gasteiger partial charge in [-0.3, -0.25) is 9.59 Å². The molecule has 0 saturated heterocycles. The zero-order chi connectivity index (χ0) is 33.9. The minimum atomic E-state index is -1.03. The van der Waals surface area contributed by atoms with Gasteiger partial charge < -0.3 is 30.5 Å². The van der Waals surface area contributed by atoms with Crippen LogP contribution in [-0.2, 0) is 36.2 Å². The Morgan fingerprint density at radius 1 is 0.894 bits per heavy atom. The maximum Gasteiger partial charge on any atom is 0.408 e. The van der Waals surface area contributed by atoms with Gasteiger partial charge >= 0.3 is 12.1 Å². The number of benzene rings is 2. The first kappa shape index (κ1) is 37.4. The molecule has 1 aliphatic rings. The van der Waals surface area contributed by atoms with Crippen LogP contribution in [0.15, 0.2) is 86.0 Å². The molecule has 1 aliphatic carbocycles. The van der Waals surface area contributed by atoms with Crippen LogP contribution >= 0.6 is 11.8 Å². The number of allylic oxidation sites excluding steroid dienone is 1. The molecule has 47 heavy (non-hydrogen) atoms. The predicted molar refractivity (Wildman–Crippen MR) is 183 cm³/mol. The monoisotopic (exact) mass is 665 g/mol. The summed E-state index contributed by atoms with van der Waals surface area (Å²) in [4.78, 5) is 52.0. The van der Waals surface area contributed by atoms with Gasteiger partial charge in [0.1, 0.15) is 19.3 Å². The van der Waals surface area contributed by atoms with E-state index in [1.165, 1.54) is 6.08 Å². The van der Waals surface area contributed by atoms with E-state index in [4.69, 9.17) is 9.47 Å². The van der Waals surface area contributed by atoms with Gasteiger partial charge in [-0.15, -0.1) is 13.2 Å². The Bertz CT molecular complexity index is 1300. The summed E-state index contributed by atoms with van der Waals surface area (Å²) in [5.74, 6) is -0.958. The first-order chi connectivity index (χ1) is 22.8. The van der Waals surface area contributed by atoms with Crippen molar-refractivity contribution in [2.24, 2.45) is 5.92 Å². The summed E-state index contributed by atoms with van der Waals surface area (Å²) in [6.45, 7) is 7.18. The Hall–Kier alpha value is -4.09. The summed E-state index contributed by atoms with van der Waals surface area (Å²) in [5.41, 5.74) is 1.27. The molecule has 2 aromatic rings. The summed E-state index contributed by atoms with van der Waals surface area (Å²) in [6.07, 6.45) is 5.89. The minimum Gasteiger partial charge on any atom is -0.462 e. The maximum atomic E-state index is 13.5. The average Bonchev–Trinajstić information content (AvgIpc) is 3.55. The standard InChI is InChI=1S/C36H47N3O7S/c1-3-13-29(21-32(41)39-36(26-40)19-11-12-20-36)33(42)37-30(25-47-24-28-17-9-6-10-18-28)23-45-34(43)31(14-4-2)38-35(44)46-22-27-15-7-5-8-16-27/h3-10,15-18,29-31,40H,1-2,11-14,19-26H2,(H,37,42)(H,38,44)(H,39,41)/t29-,30-,31-/m1/s1. The molecule has 3 rings (SSSR count). The number of amides is 3. The van der Waals surface area contributed by atoms with E-state index < -0.39 is 35.6 Å². The van der Waals surface area contributed by atoms with Crippen LogP contribution < -0.4 is 16.0 Å². The van der Waals surface area contributed by atoms with Crippen molar-refractivity contribution >= 4 is 35.6 Å². The van der Waals surface area contributed by atoms with Crippen LogP contribution in [0.25, 0.3) is 0 Å². The molecule has 3 amide bonds. The highest BCUT2D eigenvalue weighted by Gasteiger charge is 2.35. The lowest BCUT2D eigenvalue weighted by molar-refractivity contribution is -0.147. The third-order valence-corrected chi connectivity index (χ3v) is 9.09. The quantitative estimate of drug-likeness (QED) is 0.117. The van der Waals surface area contributed by atoms with E-state index >= 15 is 0 Å². The van der Waals surface area contributed by atoms with Crippen molar-refractivity contribution in [3.63, 3.8) is 0 Å². The highest BCUT2D eigenvalue weighted by atomic mass is 32.2. The molecule has 2 aromatic carbocycles. The third-order valence-electron chi connectivity index (χ3n) is 7.92. The number of esters is 1. The number of rotatable bonds is 20. The first-order valence-electron chi connectivity index (χ1n) is 16.0. The molecule has 3 atom stereocenters. The van der Waals surface area contributed by atoms with E-state index in [-0.39, 0.29) is 50.9 Å². The second-order valence-corrected chi connectivity index (χ2v) is 12.8. The molecule has 4 N–H and O–H groups in total. The molecular weight excluding hydrogens is 618 g/mol. The number of aliphatic hydroxyl groups is 1. The van der Waals surface area contributed by atoms with Gasteiger partial charge in [0.2, 0.25) is 11.8 Å². The number of aliphatic hydroxyl groups excluding tert-OH is 1. The molecule has 0 aliphatic heterocycles.